The molecule has 5 nitrogen and oxygen atoms in total. The minimum Gasteiger partial charge on any atom is -0.487 e. The quantitative estimate of drug-likeness (QED) is 0.247. The Morgan fingerprint density at radius 1 is 0.969 bits per heavy atom. The molecule has 0 spiro atoms. The number of hydrogen-bond donors (Lipinski definition) is 1. The maximum atomic E-state index is 13.4. The molecule has 3 aromatic carbocycles. The molecule has 4 aromatic rings. The molecule has 32 heavy (non-hydrogen) atoms. The number of hydrogen-bond acceptors (Lipinski definition) is 4. The molecule has 0 unspecified atom stereocenters. The maximum Gasteiger partial charge on any atom is 0.335 e. The van der Waals surface area contributed by atoms with Crippen LogP contribution in [0.25, 0.3) is 11.0 Å². The summed E-state index contributed by atoms with van der Waals surface area (Å²) in [7, 11) is 0. The average Bonchev–Trinajstić information content (AvgIpc) is 3.17. The monoisotopic (exact) mass is 556 g/mol. The van der Waals surface area contributed by atoms with Gasteiger partial charge in [-0.1, -0.05) is 37.3 Å². The number of para-hydroxylation sites is 1. The van der Waals surface area contributed by atoms with Crippen molar-refractivity contribution in [3.8, 4) is 5.75 Å². The summed E-state index contributed by atoms with van der Waals surface area (Å²) in [4.78, 5) is 24.4. The first kappa shape index (κ1) is 22.3. The third-order valence-electron chi connectivity index (χ3n) is 5.06. The van der Waals surface area contributed by atoms with Gasteiger partial charge in [-0.05, 0) is 67.8 Å². The fraction of sp³-hybridized carbons (Fsp3) is 0.120. The first-order chi connectivity index (χ1) is 15.4. The SMILES string of the molecule is CCc1oc2ccccc2c1C(=O)c1cc(Br)c(OCc2ccc(C(=O)O)cc2)c(Br)c1. The Morgan fingerprint density at radius 2 is 1.62 bits per heavy atom. The Labute approximate surface area is 201 Å². The standard InChI is InChI=1S/C25H18Br2O5/c1-2-20-22(17-5-3-4-6-21(17)32-20)23(28)16-11-18(26)24(19(27)12-16)31-13-14-7-9-15(10-8-14)25(29)30/h3-12H,2,13H2,1H3,(H,29,30). The van der Waals surface area contributed by atoms with Crippen LogP contribution in [0.5, 0.6) is 5.75 Å². The third kappa shape index (κ3) is 4.36. The molecule has 1 N–H and O–H groups in total. The van der Waals surface area contributed by atoms with Crippen molar-refractivity contribution in [2.24, 2.45) is 0 Å². The molecule has 0 fully saturated rings. The molecule has 0 saturated carbocycles. The molecule has 1 heterocycles. The lowest BCUT2D eigenvalue weighted by molar-refractivity contribution is 0.0696. The van der Waals surface area contributed by atoms with E-state index in [2.05, 4.69) is 31.9 Å². The first-order valence-electron chi connectivity index (χ1n) is 9.88. The van der Waals surface area contributed by atoms with Crippen molar-refractivity contribution in [1.82, 2.24) is 0 Å². The summed E-state index contributed by atoms with van der Waals surface area (Å²) in [6.07, 6.45) is 0.611. The summed E-state index contributed by atoms with van der Waals surface area (Å²) in [6, 6.07) is 17.5. The topological polar surface area (TPSA) is 76.7 Å². The number of carboxylic acid groups (broad SMARTS) is 1. The van der Waals surface area contributed by atoms with E-state index < -0.39 is 5.97 Å². The van der Waals surface area contributed by atoms with Gasteiger partial charge in [0.15, 0.2) is 5.78 Å². The van der Waals surface area contributed by atoms with Gasteiger partial charge in [0.05, 0.1) is 20.1 Å². The molecule has 0 bridgehead atoms. The van der Waals surface area contributed by atoms with Gasteiger partial charge in [-0.3, -0.25) is 4.79 Å². The van der Waals surface area contributed by atoms with Gasteiger partial charge in [0, 0.05) is 17.4 Å². The van der Waals surface area contributed by atoms with Gasteiger partial charge in [0.1, 0.15) is 23.7 Å². The van der Waals surface area contributed by atoms with E-state index in [1.807, 2.05) is 31.2 Å². The summed E-state index contributed by atoms with van der Waals surface area (Å²) in [5.41, 5.74) is 2.82. The van der Waals surface area contributed by atoms with E-state index in [1.165, 1.54) is 12.1 Å². The van der Waals surface area contributed by atoms with Crippen molar-refractivity contribution in [2.75, 3.05) is 0 Å². The first-order valence-corrected chi connectivity index (χ1v) is 11.5. The number of ketones is 1. The highest BCUT2D eigenvalue weighted by atomic mass is 79.9. The van der Waals surface area contributed by atoms with E-state index in [-0.39, 0.29) is 18.0 Å². The van der Waals surface area contributed by atoms with Crippen molar-refractivity contribution in [3.63, 3.8) is 0 Å². The zero-order valence-electron chi connectivity index (χ0n) is 17.0. The van der Waals surface area contributed by atoms with Crippen LogP contribution in [0.3, 0.4) is 0 Å². The van der Waals surface area contributed by atoms with Gasteiger partial charge >= 0.3 is 5.97 Å². The van der Waals surface area contributed by atoms with Gasteiger partial charge in [-0.25, -0.2) is 4.79 Å². The molecule has 7 heteroatoms. The molecule has 0 aliphatic rings. The van der Waals surface area contributed by atoms with Crippen molar-refractivity contribution in [3.05, 3.63) is 97.6 Å². The Balaban J connectivity index is 1.60. The number of fused-ring (bicyclic) bond motifs is 1. The normalized spacial score (nSPS) is 11.0. The molecule has 0 amide bonds. The molecular weight excluding hydrogens is 540 g/mol. The lowest BCUT2D eigenvalue weighted by Gasteiger charge is -2.12. The second kappa shape index (κ2) is 9.30. The van der Waals surface area contributed by atoms with E-state index >= 15 is 0 Å². The molecule has 0 atom stereocenters. The van der Waals surface area contributed by atoms with Crippen LogP contribution >= 0.6 is 31.9 Å². The molecule has 162 valence electrons. The molecule has 0 aliphatic carbocycles. The fourth-order valence-electron chi connectivity index (χ4n) is 3.47. The number of rotatable bonds is 7. The lowest BCUT2D eigenvalue weighted by Crippen LogP contribution is -2.05. The molecule has 1 aromatic heterocycles. The van der Waals surface area contributed by atoms with Crippen LogP contribution in [0.1, 0.15) is 44.5 Å². The summed E-state index contributed by atoms with van der Waals surface area (Å²) >= 11 is 7.02. The van der Waals surface area contributed by atoms with E-state index in [0.717, 1.165) is 10.9 Å². The van der Waals surface area contributed by atoms with Gasteiger partial charge < -0.3 is 14.3 Å². The number of benzene rings is 3. The zero-order chi connectivity index (χ0) is 22.8. The predicted octanol–water partition coefficient (Wildman–Crippen LogP) is 7.03. The average molecular weight is 558 g/mol. The smallest absolute Gasteiger partial charge is 0.335 e. The van der Waals surface area contributed by atoms with Crippen LogP contribution in [-0.2, 0) is 13.0 Å². The predicted molar refractivity (Wildman–Crippen MR) is 129 cm³/mol. The van der Waals surface area contributed by atoms with Crippen LogP contribution < -0.4 is 4.74 Å². The minimum absolute atomic E-state index is 0.121. The molecule has 0 radical (unpaired) electrons. The summed E-state index contributed by atoms with van der Waals surface area (Å²) < 4.78 is 13.1. The van der Waals surface area contributed by atoms with Crippen molar-refractivity contribution in [2.45, 2.75) is 20.0 Å². The number of halogens is 2. The molecular formula is C25H18Br2O5. The fourth-order valence-corrected chi connectivity index (χ4v) is 4.88. The van der Waals surface area contributed by atoms with Gasteiger partial charge in [0.2, 0.25) is 0 Å². The third-order valence-corrected chi connectivity index (χ3v) is 6.24. The van der Waals surface area contributed by atoms with Gasteiger partial charge in [0.25, 0.3) is 0 Å². The van der Waals surface area contributed by atoms with Crippen molar-refractivity contribution < 1.29 is 23.8 Å². The van der Waals surface area contributed by atoms with E-state index in [1.54, 1.807) is 24.3 Å². The second-order valence-corrected chi connectivity index (χ2v) is 8.85. The second-order valence-electron chi connectivity index (χ2n) is 7.14. The molecule has 4 rings (SSSR count). The number of carboxylic acids is 1. The zero-order valence-corrected chi connectivity index (χ0v) is 20.2. The number of carbonyl (C=O) groups is 2. The van der Waals surface area contributed by atoms with Crippen LogP contribution in [0.15, 0.2) is 74.0 Å². The lowest BCUT2D eigenvalue weighted by atomic mass is 9.99. The minimum atomic E-state index is -0.972. The number of furan rings is 1. The van der Waals surface area contributed by atoms with Crippen molar-refractivity contribution in [1.29, 1.82) is 0 Å². The van der Waals surface area contributed by atoms with E-state index in [0.29, 0.717) is 43.6 Å². The highest BCUT2D eigenvalue weighted by molar-refractivity contribution is 9.11. The van der Waals surface area contributed by atoms with Crippen LogP contribution in [0, 0.1) is 0 Å². The Bertz CT molecular complexity index is 1300. The largest absolute Gasteiger partial charge is 0.487 e. The van der Waals surface area contributed by atoms with Crippen LogP contribution in [0.2, 0.25) is 0 Å². The van der Waals surface area contributed by atoms with Gasteiger partial charge in [-0.2, -0.15) is 0 Å². The van der Waals surface area contributed by atoms with Crippen LogP contribution in [0.4, 0.5) is 0 Å². The number of aryl methyl sites for hydroxylation is 1. The number of aromatic carboxylic acids is 1. The Hall–Kier alpha value is -2.90. The van der Waals surface area contributed by atoms with E-state index in [9.17, 15) is 9.59 Å². The number of carbonyl (C=O) groups excluding carboxylic acids is 1. The Kier molecular flexibility index (Phi) is 6.48. The highest BCUT2D eigenvalue weighted by Gasteiger charge is 2.22. The van der Waals surface area contributed by atoms with Crippen LogP contribution in [-0.4, -0.2) is 16.9 Å². The summed E-state index contributed by atoms with van der Waals surface area (Å²) in [5, 5.41) is 9.81. The highest BCUT2D eigenvalue weighted by Crippen LogP contribution is 2.37. The summed E-state index contributed by atoms with van der Waals surface area (Å²) in [6.45, 7) is 2.21. The Morgan fingerprint density at radius 3 is 2.25 bits per heavy atom. The molecule has 0 saturated heterocycles. The molecule has 0 aliphatic heterocycles. The van der Waals surface area contributed by atoms with Gasteiger partial charge in [-0.15, -0.1) is 0 Å². The van der Waals surface area contributed by atoms with E-state index in [4.69, 9.17) is 14.3 Å². The maximum absolute atomic E-state index is 13.4. The number of ether oxygens (including phenoxy) is 1. The van der Waals surface area contributed by atoms with Crippen molar-refractivity contribution >= 4 is 54.6 Å². The summed E-state index contributed by atoms with van der Waals surface area (Å²) in [5.74, 6) is 0.120.